The van der Waals surface area contributed by atoms with Gasteiger partial charge in [-0.05, 0) is 17.7 Å². The number of hydrogen-bond acceptors (Lipinski definition) is 3. The summed E-state index contributed by atoms with van der Waals surface area (Å²) >= 11 is 1.68. The Labute approximate surface area is 181 Å². The molecule has 0 saturated carbocycles. The molecule has 0 bridgehead atoms. The molecule has 5 rings (SSSR count). The fraction of sp³-hybridized carbons (Fsp3) is 0.0769. The summed E-state index contributed by atoms with van der Waals surface area (Å²) in [6.45, 7) is 0. The standard InChI is InChI=1S/C26H22NOPS/c28-29(22-15-7-2-8-16-22,23-17-9-3-10-18-23)26(30-24-19-11-4-12-20-24)25(27-26)21-13-5-1-6-14-21/h1-20,25,27H/t25-,26-/m1/s1. The molecule has 4 aromatic rings. The van der Waals surface area contributed by atoms with Crippen molar-refractivity contribution in [2.75, 3.05) is 0 Å². The molecule has 0 amide bonds. The van der Waals surface area contributed by atoms with E-state index in [2.05, 4.69) is 29.6 Å². The van der Waals surface area contributed by atoms with Crippen molar-refractivity contribution in [3.8, 4) is 0 Å². The van der Waals surface area contributed by atoms with Crippen molar-refractivity contribution in [1.82, 2.24) is 5.32 Å². The maximum Gasteiger partial charge on any atom is 0.174 e. The Morgan fingerprint density at radius 3 is 1.57 bits per heavy atom. The van der Waals surface area contributed by atoms with Gasteiger partial charge in [0.05, 0.1) is 6.04 Å². The van der Waals surface area contributed by atoms with E-state index in [9.17, 15) is 0 Å². The molecule has 0 spiro atoms. The minimum Gasteiger partial charge on any atom is -0.311 e. The molecule has 0 unspecified atom stereocenters. The van der Waals surface area contributed by atoms with Gasteiger partial charge in [-0.3, -0.25) is 5.32 Å². The molecule has 2 nitrogen and oxygen atoms in total. The second-order valence-corrected chi connectivity index (χ2v) is 12.0. The van der Waals surface area contributed by atoms with Gasteiger partial charge < -0.3 is 4.57 Å². The average Bonchev–Trinajstić information content (AvgIpc) is 3.56. The lowest BCUT2D eigenvalue weighted by Gasteiger charge is -2.28. The summed E-state index contributed by atoms with van der Waals surface area (Å²) < 4.78 is 14.6. The third-order valence-corrected chi connectivity index (χ3v) is 11.1. The van der Waals surface area contributed by atoms with E-state index in [0.717, 1.165) is 21.1 Å². The fourth-order valence-electron chi connectivity index (χ4n) is 4.02. The summed E-state index contributed by atoms with van der Waals surface area (Å²) in [5.74, 6) is 0. The highest BCUT2D eigenvalue weighted by Gasteiger charge is 2.67. The number of rotatable bonds is 6. The second-order valence-electron chi connectivity index (χ2n) is 7.38. The van der Waals surface area contributed by atoms with Crippen molar-refractivity contribution in [3.63, 3.8) is 0 Å². The van der Waals surface area contributed by atoms with Gasteiger partial charge in [0.2, 0.25) is 0 Å². The van der Waals surface area contributed by atoms with E-state index in [1.807, 2.05) is 97.1 Å². The molecule has 2 atom stereocenters. The van der Waals surface area contributed by atoms with Crippen LogP contribution in [0.5, 0.6) is 0 Å². The summed E-state index contributed by atoms with van der Waals surface area (Å²) in [4.78, 5) is 1.11. The molecule has 1 saturated heterocycles. The van der Waals surface area contributed by atoms with Crippen LogP contribution in [0.4, 0.5) is 0 Å². The van der Waals surface area contributed by atoms with Gasteiger partial charge >= 0.3 is 0 Å². The lowest BCUT2D eigenvalue weighted by atomic mass is 10.2. The first-order valence-corrected chi connectivity index (χ1v) is 12.5. The molecular weight excluding hydrogens is 405 g/mol. The van der Waals surface area contributed by atoms with E-state index < -0.39 is 11.8 Å². The molecule has 1 aliphatic heterocycles. The number of nitrogens with one attached hydrogen (secondary N) is 1. The van der Waals surface area contributed by atoms with Gasteiger partial charge in [-0.2, -0.15) is 0 Å². The van der Waals surface area contributed by atoms with Crippen LogP contribution in [-0.4, -0.2) is 4.61 Å². The van der Waals surface area contributed by atoms with Gasteiger partial charge in [-0.15, -0.1) is 0 Å². The predicted molar refractivity (Wildman–Crippen MR) is 127 cm³/mol. The van der Waals surface area contributed by atoms with Crippen LogP contribution in [0.1, 0.15) is 11.6 Å². The van der Waals surface area contributed by atoms with Gasteiger partial charge in [0.15, 0.2) is 11.8 Å². The average molecular weight is 428 g/mol. The molecule has 1 heterocycles. The molecular formula is C26H22NOPS. The molecule has 0 aromatic heterocycles. The topological polar surface area (TPSA) is 39.0 Å². The first kappa shape index (κ1) is 19.4. The van der Waals surface area contributed by atoms with Crippen LogP contribution in [0, 0.1) is 0 Å². The van der Waals surface area contributed by atoms with Crippen LogP contribution >= 0.6 is 18.9 Å². The van der Waals surface area contributed by atoms with Crippen molar-refractivity contribution in [1.29, 1.82) is 0 Å². The quantitative estimate of drug-likeness (QED) is 0.313. The third-order valence-electron chi connectivity index (χ3n) is 5.52. The van der Waals surface area contributed by atoms with Gasteiger partial charge in [-0.1, -0.05) is 121 Å². The zero-order valence-electron chi connectivity index (χ0n) is 16.4. The number of thioether (sulfide) groups is 1. The maximum atomic E-state index is 15.2. The van der Waals surface area contributed by atoms with Gasteiger partial charge in [0.1, 0.15) is 0 Å². The normalized spacial score (nSPS) is 20.6. The predicted octanol–water partition coefficient (Wildman–Crippen LogP) is 5.79. The lowest BCUT2D eigenvalue weighted by molar-refractivity contribution is 0.583. The zero-order valence-corrected chi connectivity index (χ0v) is 18.1. The fourth-order valence-corrected chi connectivity index (χ4v) is 9.64. The van der Waals surface area contributed by atoms with Crippen LogP contribution in [-0.2, 0) is 4.57 Å². The van der Waals surface area contributed by atoms with E-state index in [4.69, 9.17) is 0 Å². The summed E-state index contributed by atoms with van der Waals surface area (Å²) in [6, 6.07) is 40.5. The Bertz CT molecular complexity index is 1130. The summed E-state index contributed by atoms with van der Waals surface area (Å²) in [6.07, 6.45) is 0. The molecule has 0 aliphatic carbocycles. The molecule has 148 valence electrons. The minimum atomic E-state index is -3.05. The molecule has 30 heavy (non-hydrogen) atoms. The third kappa shape index (κ3) is 3.24. The van der Waals surface area contributed by atoms with Crippen LogP contribution in [0.3, 0.4) is 0 Å². The van der Waals surface area contributed by atoms with Crippen LogP contribution in [0.25, 0.3) is 0 Å². The largest absolute Gasteiger partial charge is 0.311 e. The highest BCUT2D eigenvalue weighted by atomic mass is 32.2. The van der Waals surface area contributed by atoms with Crippen molar-refractivity contribution in [2.45, 2.75) is 15.5 Å². The van der Waals surface area contributed by atoms with Crippen molar-refractivity contribution in [2.24, 2.45) is 0 Å². The SMILES string of the molecule is O=P(c1ccccc1)(c1ccccc1)[C@]1(Sc2ccccc2)N[C@@H]1c1ccccc1. The summed E-state index contributed by atoms with van der Waals surface area (Å²) in [7, 11) is -3.05. The van der Waals surface area contributed by atoms with Crippen LogP contribution < -0.4 is 15.9 Å². The Balaban J connectivity index is 1.71. The minimum absolute atomic E-state index is 0.00449. The Morgan fingerprint density at radius 1 is 0.633 bits per heavy atom. The van der Waals surface area contributed by atoms with Crippen molar-refractivity contribution in [3.05, 3.63) is 127 Å². The Kier molecular flexibility index (Phi) is 5.12. The summed E-state index contributed by atoms with van der Waals surface area (Å²) in [5, 5.41) is 5.44. The van der Waals surface area contributed by atoms with E-state index in [-0.39, 0.29) is 6.04 Å². The summed E-state index contributed by atoms with van der Waals surface area (Å²) in [5.41, 5.74) is 1.16. The molecule has 4 heteroatoms. The Morgan fingerprint density at radius 2 is 1.07 bits per heavy atom. The molecule has 1 aliphatic rings. The van der Waals surface area contributed by atoms with Gasteiger partial charge in [0, 0.05) is 15.5 Å². The van der Waals surface area contributed by atoms with E-state index in [1.54, 1.807) is 11.8 Å². The van der Waals surface area contributed by atoms with Crippen LogP contribution in [0.15, 0.2) is 126 Å². The second kappa shape index (κ2) is 7.92. The first-order valence-electron chi connectivity index (χ1n) is 10.0. The van der Waals surface area contributed by atoms with Crippen LogP contribution in [0.2, 0.25) is 0 Å². The van der Waals surface area contributed by atoms with E-state index >= 15 is 4.57 Å². The lowest BCUT2D eigenvalue weighted by Crippen LogP contribution is -2.28. The highest BCUT2D eigenvalue weighted by Crippen LogP contribution is 2.73. The van der Waals surface area contributed by atoms with E-state index in [1.165, 1.54) is 0 Å². The zero-order chi connectivity index (χ0) is 20.4. The van der Waals surface area contributed by atoms with Gasteiger partial charge in [0.25, 0.3) is 0 Å². The van der Waals surface area contributed by atoms with Crippen molar-refractivity contribution < 1.29 is 4.57 Å². The maximum absolute atomic E-state index is 15.2. The molecule has 4 aromatic carbocycles. The molecule has 1 N–H and O–H groups in total. The number of benzene rings is 4. The smallest absolute Gasteiger partial charge is 0.174 e. The number of hydrogen-bond donors (Lipinski definition) is 1. The highest BCUT2D eigenvalue weighted by molar-refractivity contribution is 8.10. The molecule has 1 fully saturated rings. The van der Waals surface area contributed by atoms with Crippen molar-refractivity contribution >= 4 is 29.5 Å². The van der Waals surface area contributed by atoms with Gasteiger partial charge in [-0.25, -0.2) is 0 Å². The molecule has 0 radical (unpaired) electrons. The van der Waals surface area contributed by atoms with E-state index in [0.29, 0.717) is 0 Å². The monoisotopic (exact) mass is 427 g/mol. The Hall–Kier alpha value is -2.58. The first-order chi connectivity index (χ1) is 14.7.